The van der Waals surface area contributed by atoms with Crippen LogP contribution in [-0.4, -0.2) is 71.0 Å². The second kappa shape index (κ2) is 10.3. The van der Waals surface area contributed by atoms with E-state index in [4.69, 9.17) is 20.4 Å². The minimum atomic E-state index is -1.16. The largest absolute Gasteiger partial charge is 0.463 e. The van der Waals surface area contributed by atoms with E-state index in [-0.39, 0.29) is 31.6 Å². The zero-order chi connectivity index (χ0) is 15.5. The molecule has 0 saturated carbocycles. The molecule has 0 aromatic heterocycles. The number of hydrogen-bond donors (Lipinski definition) is 4. The molecule has 2 unspecified atom stereocenters. The van der Waals surface area contributed by atoms with Crippen molar-refractivity contribution in [3.8, 4) is 0 Å². The lowest BCUT2D eigenvalue weighted by Gasteiger charge is -2.10. The van der Waals surface area contributed by atoms with Crippen molar-refractivity contribution in [3.63, 3.8) is 0 Å². The van der Waals surface area contributed by atoms with Crippen molar-refractivity contribution in [2.24, 2.45) is 0 Å². The fraction of sp³-hybridized carbons (Fsp3) is 0.667. The molecule has 0 radical (unpaired) electrons. The summed E-state index contributed by atoms with van der Waals surface area (Å²) in [5.74, 6) is -1.43. The van der Waals surface area contributed by atoms with E-state index in [0.717, 1.165) is 0 Å². The van der Waals surface area contributed by atoms with Gasteiger partial charge >= 0.3 is 11.9 Å². The van der Waals surface area contributed by atoms with Crippen molar-refractivity contribution < 1.29 is 39.5 Å². The van der Waals surface area contributed by atoms with Gasteiger partial charge in [0.25, 0.3) is 0 Å². The fourth-order valence-corrected chi connectivity index (χ4v) is 0.996. The van der Waals surface area contributed by atoms with Gasteiger partial charge in [-0.2, -0.15) is 0 Å². The van der Waals surface area contributed by atoms with Crippen molar-refractivity contribution in [3.05, 3.63) is 12.2 Å². The van der Waals surface area contributed by atoms with Gasteiger partial charge in [-0.15, -0.1) is 0 Å². The highest BCUT2D eigenvalue weighted by atomic mass is 16.5. The molecule has 0 rings (SSSR count). The highest BCUT2D eigenvalue weighted by molar-refractivity contribution is 5.88. The predicted octanol–water partition coefficient (Wildman–Crippen LogP) is -1.88. The minimum Gasteiger partial charge on any atom is -0.463 e. The van der Waals surface area contributed by atoms with Crippen LogP contribution in [-0.2, 0) is 19.1 Å². The standard InChI is InChI=1S/C12H20O8/c1-8(12(18)20-7-10(16)5-14)2-3-11(17)19-6-9(15)4-13/h9-10,13-16H,1-7H2. The summed E-state index contributed by atoms with van der Waals surface area (Å²) in [6.07, 6.45) is -2.42. The lowest BCUT2D eigenvalue weighted by Crippen LogP contribution is -2.23. The number of carbonyl (C=O) groups is 2. The van der Waals surface area contributed by atoms with Crippen molar-refractivity contribution in [1.82, 2.24) is 0 Å². The normalized spacial score (nSPS) is 13.4. The first-order valence-electron chi connectivity index (χ1n) is 5.99. The molecule has 0 amide bonds. The number of aliphatic hydroxyl groups excluding tert-OH is 4. The smallest absolute Gasteiger partial charge is 0.333 e. The third-order valence-corrected chi connectivity index (χ3v) is 2.18. The van der Waals surface area contributed by atoms with Crippen LogP contribution >= 0.6 is 0 Å². The molecule has 8 heteroatoms. The van der Waals surface area contributed by atoms with Gasteiger partial charge in [0.05, 0.1) is 13.2 Å². The van der Waals surface area contributed by atoms with Crippen LogP contribution in [0.1, 0.15) is 12.8 Å². The SMILES string of the molecule is C=C(CCC(=O)OCC(O)CO)C(=O)OCC(O)CO. The van der Waals surface area contributed by atoms with Crippen LogP contribution in [0.5, 0.6) is 0 Å². The summed E-state index contributed by atoms with van der Waals surface area (Å²) in [6.45, 7) is 1.70. The third-order valence-electron chi connectivity index (χ3n) is 2.18. The summed E-state index contributed by atoms with van der Waals surface area (Å²) < 4.78 is 9.26. The zero-order valence-corrected chi connectivity index (χ0v) is 11.0. The molecule has 0 fully saturated rings. The molecule has 0 heterocycles. The summed E-state index contributed by atoms with van der Waals surface area (Å²) in [5, 5.41) is 35.0. The monoisotopic (exact) mass is 292 g/mol. The van der Waals surface area contributed by atoms with E-state index in [1.807, 2.05) is 0 Å². The average molecular weight is 292 g/mol. The Bertz CT molecular complexity index is 327. The van der Waals surface area contributed by atoms with E-state index >= 15 is 0 Å². The summed E-state index contributed by atoms with van der Waals surface area (Å²) in [6, 6.07) is 0. The van der Waals surface area contributed by atoms with Crippen LogP contribution in [0.4, 0.5) is 0 Å². The Balaban J connectivity index is 3.86. The Labute approximate surface area is 116 Å². The first kappa shape index (κ1) is 18.5. The van der Waals surface area contributed by atoms with Gasteiger partial charge in [0.15, 0.2) is 0 Å². The molecular formula is C12H20O8. The molecule has 0 bridgehead atoms. The molecule has 4 N–H and O–H groups in total. The lowest BCUT2D eigenvalue weighted by molar-refractivity contribution is -0.147. The minimum absolute atomic E-state index is 0.00209. The van der Waals surface area contributed by atoms with E-state index in [1.165, 1.54) is 0 Å². The number of rotatable bonds is 10. The van der Waals surface area contributed by atoms with E-state index in [9.17, 15) is 9.59 Å². The Kier molecular flexibility index (Phi) is 9.56. The van der Waals surface area contributed by atoms with E-state index in [2.05, 4.69) is 16.1 Å². The number of esters is 2. The molecule has 2 atom stereocenters. The molecule has 0 aromatic rings. The summed E-state index contributed by atoms with van der Waals surface area (Å²) >= 11 is 0. The first-order chi connectivity index (χ1) is 9.40. The van der Waals surface area contributed by atoms with Crippen LogP contribution in [0.3, 0.4) is 0 Å². The average Bonchev–Trinajstić information content (AvgIpc) is 2.46. The van der Waals surface area contributed by atoms with Gasteiger partial charge in [-0.25, -0.2) is 4.79 Å². The van der Waals surface area contributed by atoms with Crippen LogP contribution in [0.15, 0.2) is 12.2 Å². The Morgan fingerprint density at radius 2 is 1.45 bits per heavy atom. The van der Waals surface area contributed by atoms with Crippen molar-refractivity contribution in [1.29, 1.82) is 0 Å². The van der Waals surface area contributed by atoms with Crippen LogP contribution < -0.4 is 0 Å². The van der Waals surface area contributed by atoms with Crippen LogP contribution in [0, 0.1) is 0 Å². The first-order valence-corrected chi connectivity index (χ1v) is 5.99. The topological polar surface area (TPSA) is 134 Å². The maximum Gasteiger partial charge on any atom is 0.333 e. The molecule has 0 spiro atoms. The van der Waals surface area contributed by atoms with Gasteiger partial charge in [0.2, 0.25) is 0 Å². The van der Waals surface area contributed by atoms with Gasteiger partial charge in [0, 0.05) is 12.0 Å². The second-order valence-electron chi connectivity index (χ2n) is 4.06. The number of hydrogen-bond acceptors (Lipinski definition) is 8. The van der Waals surface area contributed by atoms with Gasteiger partial charge in [0.1, 0.15) is 25.4 Å². The predicted molar refractivity (Wildman–Crippen MR) is 66.5 cm³/mol. The number of carbonyl (C=O) groups excluding carboxylic acids is 2. The molecule has 0 aliphatic carbocycles. The number of ether oxygens (including phenoxy) is 2. The highest BCUT2D eigenvalue weighted by Crippen LogP contribution is 2.06. The molecule has 0 saturated heterocycles. The van der Waals surface area contributed by atoms with Crippen molar-refractivity contribution in [2.45, 2.75) is 25.0 Å². The second-order valence-corrected chi connectivity index (χ2v) is 4.06. The molecular weight excluding hydrogens is 272 g/mol. The Hall–Kier alpha value is -1.48. The molecule has 0 aliphatic rings. The van der Waals surface area contributed by atoms with E-state index < -0.39 is 37.4 Å². The van der Waals surface area contributed by atoms with Crippen molar-refractivity contribution in [2.75, 3.05) is 26.4 Å². The Morgan fingerprint density at radius 1 is 0.950 bits per heavy atom. The molecule has 0 aliphatic heterocycles. The van der Waals surface area contributed by atoms with Gasteiger partial charge in [-0.1, -0.05) is 6.58 Å². The quantitative estimate of drug-likeness (QED) is 0.271. The maximum absolute atomic E-state index is 11.3. The van der Waals surface area contributed by atoms with Crippen molar-refractivity contribution >= 4 is 11.9 Å². The summed E-state index contributed by atoms with van der Waals surface area (Å²) in [5.41, 5.74) is 0.0230. The van der Waals surface area contributed by atoms with Gasteiger partial charge in [-0.05, 0) is 6.42 Å². The third kappa shape index (κ3) is 8.59. The molecule has 0 aromatic carbocycles. The van der Waals surface area contributed by atoms with Gasteiger partial charge < -0.3 is 29.9 Å². The summed E-state index contributed by atoms with van der Waals surface area (Å²) in [4.78, 5) is 22.6. The lowest BCUT2D eigenvalue weighted by atomic mass is 10.1. The Morgan fingerprint density at radius 3 is 1.95 bits per heavy atom. The van der Waals surface area contributed by atoms with E-state index in [0.29, 0.717) is 0 Å². The molecule has 116 valence electrons. The molecule has 8 nitrogen and oxygen atoms in total. The zero-order valence-electron chi connectivity index (χ0n) is 11.0. The van der Waals surface area contributed by atoms with Crippen LogP contribution in [0.2, 0.25) is 0 Å². The van der Waals surface area contributed by atoms with Crippen LogP contribution in [0.25, 0.3) is 0 Å². The van der Waals surface area contributed by atoms with Gasteiger partial charge in [-0.3, -0.25) is 4.79 Å². The maximum atomic E-state index is 11.3. The number of aliphatic hydroxyl groups is 4. The fourth-order valence-electron chi connectivity index (χ4n) is 0.996. The highest BCUT2D eigenvalue weighted by Gasteiger charge is 2.14. The summed E-state index contributed by atoms with van der Waals surface area (Å²) in [7, 11) is 0. The molecule has 20 heavy (non-hydrogen) atoms. The van der Waals surface area contributed by atoms with E-state index in [1.54, 1.807) is 0 Å².